The van der Waals surface area contributed by atoms with Crippen LogP contribution in [0.3, 0.4) is 0 Å². The van der Waals surface area contributed by atoms with Gasteiger partial charge in [0, 0.05) is 33.9 Å². The molecular weight excluding hydrogens is 320 g/mol. The first kappa shape index (κ1) is 14.7. The molecule has 0 aliphatic carbocycles. The summed E-state index contributed by atoms with van der Waals surface area (Å²) in [5, 5.41) is 3.19. The van der Waals surface area contributed by atoms with Gasteiger partial charge in [0.05, 0.1) is 0 Å². The number of hydrogen-bond donors (Lipinski definition) is 1. The molecule has 1 aromatic heterocycles. The van der Waals surface area contributed by atoms with E-state index >= 15 is 0 Å². The van der Waals surface area contributed by atoms with Gasteiger partial charge in [0.25, 0.3) is 0 Å². The molecule has 0 bridgehead atoms. The molecule has 0 unspecified atom stereocenters. The average molecular weight is 339 g/mol. The van der Waals surface area contributed by atoms with Crippen LogP contribution in [0.1, 0.15) is 15.3 Å². The lowest BCUT2D eigenvalue weighted by Crippen LogP contribution is -2.16. The first-order chi connectivity index (χ1) is 9.17. The number of hydrogen-bond acceptors (Lipinski definition) is 3. The second kappa shape index (κ2) is 7.20. The number of halogens is 1. The van der Waals surface area contributed by atoms with Crippen LogP contribution in [0.4, 0.5) is 0 Å². The Hall–Kier alpha value is -0.680. The Balaban J connectivity index is 1.91. The lowest BCUT2D eigenvalue weighted by Gasteiger charge is -2.15. The first-order valence-electron chi connectivity index (χ1n) is 6.32. The van der Waals surface area contributed by atoms with E-state index in [1.807, 2.05) is 18.4 Å². The molecule has 0 aliphatic heterocycles. The van der Waals surface area contributed by atoms with Crippen LogP contribution in [0, 0.1) is 0 Å². The van der Waals surface area contributed by atoms with E-state index in [2.05, 4.69) is 69.6 Å². The van der Waals surface area contributed by atoms with Gasteiger partial charge in [0.15, 0.2) is 0 Å². The highest BCUT2D eigenvalue weighted by molar-refractivity contribution is 9.10. The molecule has 1 heterocycles. The van der Waals surface area contributed by atoms with E-state index in [4.69, 9.17) is 0 Å². The van der Waals surface area contributed by atoms with E-state index in [0.29, 0.717) is 0 Å². The van der Waals surface area contributed by atoms with E-state index in [1.165, 1.54) is 15.3 Å². The molecule has 0 amide bonds. The molecule has 0 saturated heterocycles. The molecule has 2 aromatic rings. The zero-order chi connectivity index (χ0) is 13.7. The van der Waals surface area contributed by atoms with Crippen molar-refractivity contribution in [1.29, 1.82) is 0 Å². The number of benzene rings is 1. The van der Waals surface area contributed by atoms with Gasteiger partial charge in [-0.15, -0.1) is 11.3 Å². The summed E-state index contributed by atoms with van der Waals surface area (Å²) in [5.74, 6) is 0. The van der Waals surface area contributed by atoms with Crippen molar-refractivity contribution in [3.05, 3.63) is 56.2 Å². The molecule has 0 fully saturated rings. The van der Waals surface area contributed by atoms with Gasteiger partial charge in [-0.25, -0.2) is 0 Å². The Labute approximate surface area is 127 Å². The lowest BCUT2D eigenvalue weighted by atomic mass is 10.2. The fourth-order valence-corrected chi connectivity index (χ4v) is 3.60. The minimum atomic E-state index is 0.958. The van der Waals surface area contributed by atoms with Crippen molar-refractivity contribution in [1.82, 2.24) is 10.2 Å². The third-order valence-corrected chi connectivity index (χ3v) is 4.40. The second-order valence-corrected chi connectivity index (χ2v) is 6.87. The van der Waals surface area contributed by atoms with Crippen molar-refractivity contribution in [2.75, 3.05) is 14.1 Å². The van der Waals surface area contributed by atoms with Gasteiger partial charge in [-0.05, 0) is 43.9 Å². The van der Waals surface area contributed by atoms with Gasteiger partial charge >= 0.3 is 0 Å². The predicted octanol–water partition coefficient (Wildman–Crippen LogP) is 3.86. The average Bonchev–Trinajstić information content (AvgIpc) is 2.77. The summed E-state index contributed by atoms with van der Waals surface area (Å²) in [5.41, 5.74) is 1.34. The standard InChI is InChI=1S/C15H19BrN2S/c1-17-9-14-6-7-15(19-14)11-18(2)10-12-4-3-5-13(16)8-12/h3-8,17H,9-11H2,1-2H3. The monoisotopic (exact) mass is 338 g/mol. The van der Waals surface area contributed by atoms with Crippen LogP contribution in [0.5, 0.6) is 0 Å². The SMILES string of the molecule is CNCc1ccc(CN(C)Cc2cccc(Br)c2)s1. The van der Waals surface area contributed by atoms with Gasteiger partial charge in [-0.2, -0.15) is 0 Å². The minimum absolute atomic E-state index is 0.958. The van der Waals surface area contributed by atoms with E-state index in [0.717, 1.165) is 24.1 Å². The quantitative estimate of drug-likeness (QED) is 0.860. The van der Waals surface area contributed by atoms with Gasteiger partial charge in [0.1, 0.15) is 0 Å². The maximum absolute atomic E-state index is 3.52. The van der Waals surface area contributed by atoms with Crippen molar-refractivity contribution < 1.29 is 0 Å². The summed E-state index contributed by atoms with van der Waals surface area (Å²) in [4.78, 5) is 5.16. The molecule has 19 heavy (non-hydrogen) atoms. The van der Waals surface area contributed by atoms with Crippen LogP contribution in [0.2, 0.25) is 0 Å². The topological polar surface area (TPSA) is 15.3 Å². The molecule has 2 rings (SSSR count). The Morgan fingerprint density at radius 2 is 1.95 bits per heavy atom. The molecule has 1 aromatic carbocycles. The van der Waals surface area contributed by atoms with E-state index in [9.17, 15) is 0 Å². The van der Waals surface area contributed by atoms with E-state index in [-0.39, 0.29) is 0 Å². The van der Waals surface area contributed by atoms with Crippen LogP contribution in [-0.2, 0) is 19.6 Å². The maximum atomic E-state index is 3.52. The zero-order valence-electron chi connectivity index (χ0n) is 11.3. The molecule has 1 N–H and O–H groups in total. The number of thiophene rings is 1. The van der Waals surface area contributed by atoms with Crippen LogP contribution >= 0.6 is 27.3 Å². The third-order valence-electron chi connectivity index (χ3n) is 2.84. The zero-order valence-corrected chi connectivity index (χ0v) is 13.7. The molecule has 2 nitrogen and oxygen atoms in total. The van der Waals surface area contributed by atoms with Crippen molar-refractivity contribution in [3.8, 4) is 0 Å². The van der Waals surface area contributed by atoms with Crippen LogP contribution in [0.15, 0.2) is 40.9 Å². The Morgan fingerprint density at radius 1 is 1.16 bits per heavy atom. The summed E-state index contributed by atoms with van der Waals surface area (Å²) in [6.07, 6.45) is 0. The highest BCUT2D eigenvalue weighted by Crippen LogP contribution is 2.19. The smallest absolute Gasteiger partial charge is 0.0328 e. The summed E-state index contributed by atoms with van der Waals surface area (Å²) >= 11 is 5.40. The normalized spacial score (nSPS) is 11.2. The Kier molecular flexibility index (Phi) is 5.58. The first-order valence-corrected chi connectivity index (χ1v) is 7.93. The van der Waals surface area contributed by atoms with Crippen LogP contribution in [-0.4, -0.2) is 19.0 Å². The van der Waals surface area contributed by atoms with Crippen molar-refractivity contribution in [2.45, 2.75) is 19.6 Å². The fraction of sp³-hybridized carbons (Fsp3) is 0.333. The van der Waals surface area contributed by atoms with Crippen LogP contribution in [0.25, 0.3) is 0 Å². The fourth-order valence-electron chi connectivity index (χ4n) is 2.05. The number of nitrogens with one attached hydrogen (secondary N) is 1. The minimum Gasteiger partial charge on any atom is -0.315 e. The summed E-state index contributed by atoms with van der Waals surface area (Å²) in [7, 11) is 4.15. The summed E-state index contributed by atoms with van der Waals surface area (Å²) in [6.45, 7) is 2.93. The predicted molar refractivity (Wildman–Crippen MR) is 86.4 cm³/mol. The molecule has 0 radical (unpaired) electrons. The van der Waals surface area contributed by atoms with Gasteiger partial charge in [0.2, 0.25) is 0 Å². The highest BCUT2D eigenvalue weighted by atomic mass is 79.9. The van der Waals surface area contributed by atoms with Crippen molar-refractivity contribution >= 4 is 27.3 Å². The molecule has 0 aliphatic rings. The van der Waals surface area contributed by atoms with Crippen LogP contribution < -0.4 is 5.32 Å². The highest BCUT2D eigenvalue weighted by Gasteiger charge is 2.05. The summed E-state index contributed by atoms with van der Waals surface area (Å²) < 4.78 is 1.14. The summed E-state index contributed by atoms with van der Waals surface area (Å²) in [6, 6.07) is 12.9. The Bertz CT molecular complexity index is 524. The third kappa shape index (κ3) is 4.73. The maximum Gasteiger partial charge on any atom is 0.0328 e. The second-order valence-electron chi connectivity index (χ2n) is 4.70. The molecule has 0 spiro atoms. The molecule has 102 valence electrons. The molecule has 0 saturated carbocycles. The van der Waals surface area contributed by atoms with Gasteiger partial charge < -0.3 is 5.32 Å². The largest absolute Gasteiger partial charge is 0.315 e. The Morgan fingerprint density at radius 3 is 2.68 bits per heavy atom. The van der Waals surface area contributed by atoms with Crippen molar-refractivity contribution in [2.24, 2.45) is 0 Å². The number of nitrogens with zero attached hydrogens (tertiary/aromatic N) is 1. The van der Waals surface area contributed by atoms with Gasteiger partial charge in [-0.1, -0.05) is 28.1 Å². The number of rotatable bonds is 6. The van der Waals surface area contributed by atoms with Gasteiger partial charge in [-0.3, -0.25) is 4.90 Å². The molecule has 4 heteroatoms. The van der Waals surface area contributed by atoms with Crippen molar-refractivity contribution in [3.63, 3.8) is 0 Å². The van der Waals surface area contributed by atoms with E-state index < -0.39 is 0 Å². The van der Waals surface area contributed by atoms with E-state index in [1.54, 1.807) is 0 Å². The molecule has 0 atom stereocenters. The molecular formula is C15H19BrN2S. The lowest BCUT2D eigenvalue weighted by molar-refractivity contribution is 0.322.